The molecule has 1 fully saturated rings. The molecule has 1 saturated heterocycles. The number of carbonyl (C=O) groups excluding carboxylic acids is 2. The molecule has 2 aliphatic rings. The van der Waals surface area contributed by atoms with Gasteiger partial charge >= 0.3 is 6.09 Å². The molecule has 0 spiro atoms. The van der Waals surface area contributed by atoms with E-state index in [1.165, 1.54) is 0 Å². The smallest absolute Gasteiger partial charge is 0.409 e. The van der Waals surface area contributed by atoms with E-state index in [4.69, 9.17) is 9.47 Å². The van der Waals surface area contributed by atoms with Gasteiger partial charge in [-0.3, -0.25) is 9.79 Å². The molecule has 2 amide bonds. The molecule has 2 aromatic rings. The van der Waals surface area contributed by atoms with Crippen LogP contribution in [0, 0.1) is 5.92 Å². The standard InChI is InChI=1S/C26H33N5O4/c1-2-34-26(33)31-15-11-20(12-16-31)18-35-23-9-5-21(6-10-23)24(32)29-17-19-3-7-22(8-4-19)30-25-27-13-14-28-25/h3-10,20H,2,11-18H2,1H3,(H,29,32)(H2,27,28,30). The first kappa shape index (κ1) is 24.4. The zero-order chi connectivity index (χ0) is 24.5. The predicted octanol–water partition coefficient (Wildman–Crippen LogP) is 3.24. The van der Waals surface area contributed by atoms with E-state index in [-0.39, 0.29) is 12.0 Å². The summed E-state index contributed by atoms with van der Waals surface area (Å²) in [6.45, 7) is 6.29. The highest BCUT2D eigenvalue weighted by Gasteiger charge is 2.24. The Kier molecular flexibility index (Phi) is 8.43. The van der Waals surface area contributed by atoms with Gasteiger partial charge in [0, 0.05) is 37.4 Å². The number of hydrogen-bond donors (Lipinski definition) is 3. The Morgan fingerprint density at radius 3 is 2.49 bits per heavy atom. The largest absolute Gasteiger partial charge is 0.493 e. The van der Waals surface area contributed by atoms with Crippen molar-refractivity contribution in [3.05, 3.63) is 59.7 Å². The van der Waals surface area contributed by atoms with E-state index in [2.05, 4.69) is 20.9 Å². The lowest BCUT2D eigenvalue weighted by Gasteiger charge is -2.31. The number of anilines is 1. The summed E-state index contributed by atoms with van der Waals surface area (Å²) in [5.74, 6) is 1.79. The van der Waals surface area contributed by atoms with E-state index in [1.54, 1.807) is 17.0 Å². The molecule has 0 aliphatic carbocycles. The zero-order valence-electron chi connectivity index (χ0n) is 20.1. The summed E-state index contributed by atoms with van der Waals surface area (Å²) >= 11 is 0. The van der Waals surface area contributed by atoms with Crippen molar-refractivity contribution < 1.29 is 19.1 Å². The minimum atomic E-state index is -0.234. The highest BCUT2D eigenvalue weighted by Crippen LogP contribution is 2.20. The van der Waals surface area contributed by atoms with Crippen LogP contribution in [0.25, 0.3) is 0 Å². The first-order valence-corrected chi connectivity index (χ1v) is 12.2. The molecule has 0 aromatic heterocycles. The van der Waals surface area contributed by atoms with Crippen molar-refractivity contribution in [2.75, 3.05) is 44.7 Å². The SMILES string of the molecule is CCOC(=O)N1CCC(COc2ccc(C(=O)NCc3ccc(NC4=NCCN4)cc3)cc2)CC1. The van der Waals surface area contributed by atoms with Crippen LogP contribution in [0.4, 0.5) is 10.5 Å². The number of aliphatic imine (C=N–C) groups is 1. The second-order valence-corrected chi connectivity index (χ2v) is 8.63. The van der Waals surface area contributed by atoms with Crippen LogP contribution in [0.2, 0.25) is 0 Å². The van der Waals surface area contributed by atoms with E-state index in [0.717, 1.165) is 48.9 Å². The lowest BCUT2D eigenvalue weighted by Crippen LogP contribution is -2.40. The molecule has 35 heavy (non-hydrogen) atoms. The molecule has 3 N–H and O–H groups in total. The summed E-state index contributed by atoms with van der Waals surface area (Å²) in [5.41, 5.74) is 2.55. The maximum atomic E-state index is 12.5. The molecule has 0 atom stereocenters. The first-order valence-electron chi connectivity index (χ1n) is 12.2. The van der Waals surface area contributed by atoms with E-state index in [0.29, 0.717) is 44.3 Å². The van der Waals surface area contributed by atoms with Crippen molar-refractivity contribution in [1.29, 1.82) is 0 Å². The fourth-order valence-electron chi connectivity index (χ4n) is 4.02. The van der Waals surface area contributed by atoms with Gasteiger partial charge in [-0.25, -0.2) is 4.79 Å². The van der Waals surface area contributed by atoms with Gasteiger partial charge in [0.1, 0.15) is 5.75 Å². The van der Waals surface area contributed by atoms with E-state index in [1.807, 2.05) is 43.3 Å². The average Bonchev–Trinajstić information content (AvgIpc) is 3.41. The Balaban J connectivity index is 1.17. The summed E-state index contributed by atoms with van der Waals surface area (Å²) < 4.78 is 11.0. The van der Waals surface area contributed by atoms with Crippen molar-refractivity contribution in [2.45, 2.75) is 26.3 Å². The normalized spacial score (nSPS) is 15.7. The number of piperidine rings is 1. The monoisotopic (exact) mass is 479 g/mol. The molecule has 4 rings (SSSR count). The number of nitrogens with zero attached hydrogens (tertiary/aromatic N) is 2. The second-order valence-electron chi connectivity index (χ2n) is 8.63. The van der Waals surface area contributed by atoms with Crippen molar-refractivity contribution in [2.24, 2.45) is 10.9 Å². The van der Waals surface area contributed by atoms with Gasteiger partial charge in [-0.1, -0.05) is 12.1 Å². The van der Waals surface area contributed by atoms with Crippen molar-refractivity contribution in [3.8, 4) is 5.75 Å². The van der Waals surface area contributed by atoms with Crippen LogP contribution < -0.4 is 20.7 Å². The molecule has 9 heteroatoms. The van der Waals surface area contributed by atoms with Gasteiger partial charge < -0.3 is 30.3 Å². The van der Waals surface area contributed by atoms with E-state index in [9.17, 15) is 9.59 Å². The van der Waals surface area contributed by atoms with Crippen LogP contribution in [-0.4, -0.2) is 62.3 Å². The van der Waals surface area contributed by atoms with E-state index < -0.39 is 0 Å². The summed E-state index contributed by atoms with van der Waals surface area (Å²) in [6.07, 6.45) is 1.55. The third-order valence-electron chi connectivity index (χ3n) is 6.09. The van der Waals surface area contributed by atoms with Gasteiger partial charge in [-0.2, -0.15) is 0 Å². The molecule has 9 nitrogen and oxygen atoms in total. The van der Waals surface area contributed by atoms with Crippen LogP contribution in [0.5, 0.6) is 5.75 Å². The minimum Gasteiger partial charge on any atom is -0.493 e. The van der Waals surface area contributed by atoms with Crippen LogP contribution in [0.3, 0.4) is 0 Å². The minimum absolute atomic E-state index is 0.130. The molecular weight excluding hydrogens is 446 g/mol. The summed E-state index contributed by atoms with van der Waals surface area (Å²) in [4.78, 5) is 30.4. The number of guanidine groups is 1. The first-order chi connectivity index (χ1) is 17.1. The number of carbonyl (C=O) groups is 2. The molecular formula is C26H33N5O4. The number of nitrogens with one attached hydrogen (secondary N) is 3. The topological polar surface area (TPSA) is 104 Å². The molecule has 0 radical (unpaired) electrons. The average molecular weight is 480 g/mol. The number of ether oxygens (including phenoxy) is 2. The number of hydrogen-bond acceptors (Lipinski definition) is 7. The Hall–Kier alpha value is -3.75. The number of benzene rings is 2. The molecule has 186 valence electrons. The Morgan fingerprint density at radius 2 is 1.83 bits per heavy atom. The Morgan fingerprint density at radius 1 is 1.09 bits per heavy atom. The summed E-state index contributed by atoms with van der Waals surface area (Å²) in [6, 6.07) is 15.1. The fourth-order valence-corrected chi connectivity index (χ4v) is 4.02. The highest BCUT2D eigenvalue weighted by atomic mass is 16.6. The predicted molar refractivity (Wildman–Crippen MR) is 135 cm³/mol. The van der Waals surface area contributed by atoms with Crippen molar-refractivity contribution in [1.82, 2.24) is 15.5 Å². The lowest BCUT2D eigenvalue weighted by atomic mass is 9.98. The lowest BCUT2D eigenvalue weighted by molar-refractivity contribution is 0.0844. The number of amides is 2. The second kappa shape index (κ2) is 12.1. The fraction of sp³-hybridized carbons (Fsp3) is 0.423. The third-order valence-corrected chi connectivity index (χ3v) is 6.09. The van der Waals surface area contributed by atoms with Crippen molar-refractivity contribution >= 4 is 23.6 Å². The third kappa shape index (κ3) is 7.11. The van der Waals surface area contributed by atoms with E-state index >= 15 is 0 Å². The molecule has 0 saturated carbocycles. The molecule has 0 bridgehead atoms. The van der Waals surface area contributed by atoms with Gasteiger partial charge in [-0.15, -0.1) is 0 Å². The molecule has 2 heterocycles. The Labute approximate surface area is 205 Å². The van der Waals surface area contributed by atoms with Crippen LogP contribution in [0.1, 0.15) is 35.7 Å². The van der Waals surface area contributed by atoms with Gasteiger partial charge in [-0.05, 0) is 67.6 Å². The molecule has 0 unspecified atom stereocenters. The van der Waals surface area contributed by atoms with Gasteiger partial charge in [0.15, 0.2) is 5.96 Å². The summed E-state index contributed by atoms with van der Waals surface area (Å²) in [5, 5.41) is 9.35. The van der Waals surface area contributed by atoms with Gasteiger partial charge in [0.05, 0.1) is 19.8 Å². The summed E-state index contributed by atoms with van der Waals surface area (Å²) in [7, 11) is 0. The van der Waals surface area contributed by atoms with Crippen LogP contribution in [-0.2, 0) is 11.3 Å². The maximum absolute atomic E-state index is 12.5. The Bertz CT molecular complexity index is 1020. The number of likely N-dealkylation sites (tertiary alicyclic amines) is 1. The highest BCUT2D eigenvalue weighted by molar-refractivity contribution is 5.95. The van der Waals surface area contributed by atoms with Crippen LogP contribution >= 0.6 is 0 Å². The zero-order valence-corrected chi connectivity index (χ0v) is 20.1. The van der Waals surface area contributed by atoms with Crippen LogP contribution in [0.15, 0.2) is 53.5 Å². The van der Waals surface area contributed by atoms with Gasteiger partial charge in [0.25, 0.3) is 5.91 Å². The van der Waals surface area contributed by atoms with Crippen molar-refractivity contribution in [3.63, 3.8) is 0 Å². The van der Waals surface area contributed by atoms with Gasteiger partial charge in [0.2, 0.25) is 0 Å². The number of rotatable bonds is 8. The quantitative estimate of drug-likeness (QED) is 0.537. The maximum Gasteiger partial charge on any atom is 0.409 e. The molecule has 2 aliphatic heterocycles. The molecule has 2 aromatic carbocycles.